The number of fused-ring (bicyclic) bond motifs is 3. The van der Waals surface area contributed by atoms with Crippen LogP contribution in [0.4, 0.5) is 0 Å². The largest absolute Gasteiger partial charge is 0.352 e. The fraction of sp³-hybridized carbons (Fsp3) is 0.952. The topological polar surface area (TPSA) is 35.5 Å². The van der Waals surface area contributed by atoms with Crippen LogP contribution in [-0.4, -0.2) is 25.3 Å². The summed E-state index contributed by atoms with van der Waals surface area (Å²) in [7, 11) is 0. The molecule has 1 saturated heterocycles. The van der Waals surface area contributed by atoms with Crippen LogP contribution >= 0.6 is 0 Å². The number of carbonyl (C=O) groups excluding carboxylic acids is 1. The lowest BCUT2D eigenvalue weighted by molar-refractivity contribution is -0.317. The molecule has 24 heavy (non-hydrogen) atoms. The van der Waals surface area contributed by atoms with Crippen LogP contribution in [-0.2, 0) is 14.3 Å². The van der Waals surface area contributed by atoms with Gasteiger partial charge in [0.25, 0.3) is 0 Å². The number of aldehydes is 1. The predicted molar refractivity (Wildman–Crippen MR) is 93.5 cm³/mol. The van der Waals surface area contributed by atoms with E-state index in [1.54, 1.807) is 0 Å². The van der Waals surface area contributed by atoms with E-state index >= 15 is 0 Å². The van der Waals surface area contributed by atoms with Gasteiger partial charge in [0.05, 0.1) is 12.7 Å². The van der Waals surface area contributed by atoms with Gasteiger partial charge in [-0.1, -0.05) is 33.1 Å². The Morgan fingerprint density at radius 3 is 2.54 bits per heavy atom. The number of hydrogen-bond donors (Lipinski definition) is 0. The van der Waals surface area contributed by atoms with Gasteiger partial charge in [-0.25, -0.2) is 0 Å². The standard InChI is InChI=1S/C21H34O3/c1-20-12-10-18-21(2,17(20)9-5-8-16(20)11-13-22)14-23-19(24-18)15-6-3-4-7-15/h13,15-19H,3-12,14H2,1-2H3/t16-,17?,18+,19+,20-,21-/m0/s1. The minimum absolute atomic E-state index is 0.0456. The molecule has 0 aromatic rings. The third-order valence-corrected chi connectivity index (χ3v) is 8.27. The molecule has 3 saturated carbocycles. The van der Waals surface area contributed by atoms with E-state index in [4.69, 9.17) is 9.47 Å². The minimum atomic E-state index is 0.0456. The maximum Gasteiger partial charge on any atom is 0.160 e. The molecular weight excluding hydrogens is 300 g/mol. The van der Waals surface area contributed by atoms with Crippen LogP contribution in [0.15, 0.2) is 0 Å². The average molecular weight is 335 g/mol. The zero-order valence-electron chi connectivity index (χ0n) is 15.5. The van der Waals surface area contributed by atoms with E-state index in [9.17, 15) is 4.79 Å². The average Bonchev–Trinajstić information content (AvgIpc) is 3.10. The summed E-state index contributed by atoms with van der Waals surface area (Å²) in [5.74, 6) is 1.81. The van der Waals surface area contributed by atoms with Crippen molar-refractivity contribution in [1.82, 2.24) is 0 Å². The number of hydrogen-bond acceptors (Lipinski definition) is 3. The van der Waals surface area contributed by atoms with Crippen molar-refractivity contribution in [1.29, 1.82) is 0 Å². The molecule has 4 rings (SSSR count). The van der Waals surface area contributed by atoms with Crippen molar-refractivity contribution in [3.63, 3.8) is 0 Å². The summed E-state index contributed by atoms with van der Waals surface area (Å²) in [6, 6.07) is 0. The molecule has 3 heteroatoms. The highest BCUT2D eigenvalue weighted by Gasteiger charge is 2.59. The Bertz CT molecular complexity index is 472. The molecule has 0 radical (unpaired) electrons. The molecule has 0 aromatic heterocycles. The Kier molecular flexibility index (Phi) is 4.53. The van der Waals surface area contributed by atoms with Gasteiger partial charge in [-0.05, 0) is 55.8 Å². The van der Waals surface area contributed by atoms with Gasteiger partial charge < -0.3 is 14.3 Å². The Labute approximate surface area is 146 Å². The summed E-state index contributed by atoms with van der Waals surface area (Å²) >= 11 is 0. The Hall–Kier alpha value is -0.410. The van der Waals surface area contributed by atoms with Crippen molar-refractivity contribution in [2.45, 2.75) is 90.4 Å². The lowest BCUT2D eigenvalue weighted by Gasteiger charge is -2.62. The molecule has 0 N–H and O–H groups in total. The van der Waals surface area contributed by atoms with Crippen LogP contribution in [0.25, 0.3) is 0 Å². The highest BCUT2D eigenvalue weighted by molar-refractivity contribution is 5.50. The highest BCUT2D eigenvalue weighted by Crippen LogP contribution is 2.62. The van der Waals surface area contributed by atoms with Crippen LogP contribution in [0.3, 0.4) is 0 Å². The SMILES string of the molecule is C[C@@]12CO[C@@H](C3CCCC3)O[C@@H]1CC[C@]1(C)C2CCC[C@H]1CC=O. The maximum atomic E-state index is 11.2. The van der Waals surface area contributed by atoms with Crippen molar-refractivity contribution < 1.29 is 14.3 Å². The molecule has 4 aliphatic rings. The summed E-state index contributed by atoms with van der Waals surface area (Å²) in [5.41, 5.74) is 0.418. The number of carbonyl (C=O) groups is 1. The fourth-order valence-electron chi connectivity index (χ4n) is 6.83. The van der Waals surface area contributed by atoms with E-state index in [0.717, 1.165) is 25.7 Å². The van der Waals surface area contributed by atoms with E-state index in [2.05, 4.69) is 13.8 Å². The Balaban J connectivity index is 1.53. The quantitative estimate of drug-likeness (QED) is 0.700. The molecule has 0 aromatic carbocycles. The summed E-state index contributed by atoms with van der Waals surface area (Å²) < 4.78 is 12.9. The van der Waals surface area contributed by atoms with Crippen LogP contribution in [0.5, 0.6) is 0 Å². The second-order valence-corrected chi connectivity index (χ2v) is 9.48. The predicted octanol–water partition coefficient (Wildman–Crippen LogP) is 4.73. The molecule has 0 spiro atoms. The van der Waals surface area contributed by atoms with Gasteiger partial charge in [-0.2, -0.15) is 0 Å². The molecule has 0 bridgehead atoms. The molecule has 4 fully saturated rings. The number of rotatable bonds is 3. The van der Waals surface area contributed by atoms with E-state index in [1.807, 2.05) is 0 Å². The third-order valence-electron chi connectivity index (χ3n) is 8.27. The van der Waals surface area contributed by atoms with Crippen molar-refractivity contribution in [2.24, 2.45) is 28.6 Å². The second-order valence-electron chi connectivity index (χ2n) is 9.48. The first-order chi connectivity index (χ1) is 11.6. The molecule has 3 nitrogen and oxygen atoms in total. The number of ether oxygens (including phenoxy) is 2. The van der Waals surface area contributed by atoms with Crippen LogP contribution in [0.1, 0.15) is 78.1 Å². The Morgan fingerprint density at radius 1 is 1.00 bits per heavy atom. The first-order valence-corrected chi connectivity index (χ1v) is 10.3. The normalized spacial score (nSPS) is 49.4. The van der Waals surface area contributed by atoms with Crippen LogP contribution in [0.2, 0.25) is 0 Å². The van der Waals surface area contributed by atoms with Gasteiger partial charge in [0.15, 0.2) is 6.29 Å². The van der Waals surface area contributed by atoms with E-state index in [-0.39, 0.29) is 17.1 Å². The molecule has 136 valence electrons. The zero-order chi connectivity index (χ0) is 16.8. The summed E-state index contributed by atoms with van der Waals surface area (Å²) in [5, 5.41) is 0. The molecule has 1 aliphatic heterocycles. The lowest BCUT2D eigenvalue weighted by atomic mass is 9.47. The first kappa shape index (κ1) is 17.0. The third kappa shape index (κ3) is 2.58. The van der Waals surface area contributed by atoms with Crippen molar-refractivity contribution in [3.05, 3.63) is 0 Å². The lowest BCUT2D eigenvalue weighted by Crippen LogP contribution is -2.61. The van der Waals surface area contributed by atoms with E-state index in [0.29, 0.717) is 23.9 Å². The molecular formula is C21H34O3. The summed E-state index contributed by atoms with van der Waals surface area (Å²) in [6.07, 6.45) is 13.6. The highest BCUT2D eigenvalue weighted by atomic mass is 16.7. The minimum Gasteiger partial charge on any atom is -0.352 e. The van der Waals surface area contributed by atoms with Gasteiger partial charge in [0.2, 0.25) is 0 Å². The summed E-state index contributed by atoms with van der Waals surface area (Å²) in [6.45, 7) is 5.72. The molecule has 6 atom stereocenters. The van der Waals surface area contributed by atoms with Gasteiger partial charge in [-0.3, -0.25) is 0 Å². The summed E-state index contributed by atoms with van der Waals surface area (Å²) in [4.78, 5) is 11.2. The van der Waals surface area contributed by atoms with Crippen molar-refractivity contribution in [2.75, 3.05) is 6.61 Å². The van der Waals surface area contributed by atoms with Crippen molar-refractivity contribution >= 4 is 6.29 Å². The molecule has 3 aliphatic carbocycles. The smallest absolute Gasteiger partial charge is 0.160 e. The first-order valence-electron chi connectivity index (χ1n) is 10.3. The maximum absolute atomic E-state index is 11.2. The van der Waals surface area contributed by atoms with Gasteiger partial charge >= 0.3 is 0 Å². The van der Waals surface area contributed by atoms with Crippen molar-refractivity contribution in [3.8, 4) is 0 Å². The van der Waals surface area contributed by atoms with Crippen LogP contribution in [0, 0.1) is 28.6 Å². The molecule has 1 heterocycles. The molecule has 0 amide bonds. The van der Waals surface area contributed by atoms with E-state index in [1.165, 1.54) is 51.4 Å². The zero-order valence-corrected chi connectivity index (χ0v) is 15.5. The van der Waals surface area contributed by atoms with Gasteiger partial charge in [0, 0.05) is 17.8 Å². The van der Waals surface area contributed by atoms with Crippen LogP contribution < -0.4 is 0 Å². The van der Waals surface area contributed by atoms with Gasteiger partial charge in [0.1, 0.15) is 6.29 Å². The Morgan fingerprint density at radius 2 is 1.79 bits per heavy atom. The second kappa shape index (κ2) is 6.39. The fourth-order valence-corrected chi connectivity index (χ4v) is 6.83. The van der Waals surface area contributed by atoms with E-state index < -0.39 is 0 Å². The monoisotopic (exact) mass is 334 g/mol. The molecule has 1 unspecified atom stereocenters. The van der Waals surface area contributed by atoms with Gasteiger partial charge in [-0.15, -0.1) is 0 Å².